The molecule has 0 saturated heterocycles. The van der Waals surface area contributed by atoms with Crippen molar-refractivity contribution >= 4 is 34.1 Å². The minimum atomic E-state index is -0.653. The summed E-state index contributed by atoms with van der Waals surface area (Å²) < 4.78 is 13.6. The summed E-state index contributed by atoms with van der Waals surface area (Å²) in [5.41, 5.74) is 15.8. The number of primary amides is 1. The van der Waals surface area contributed by atoms with E-state index in [1.165, 1.54) is 17.0 Å². The normalized spacial score (nSPS) is 10.9. The first kappa shape index (κ1) is 17.5. The van der Waals surface area contributed by atoms with Crippen molar-refractivity contribution in [2.75, 3.05) is 10.6 Å². The number of aryl methyl sites for hydroxylation is 1. The number of hydrogen-bond acceptors (Lipinski definition) is 3. The molecule has 1 heterocycles. The second-order valence-electron chi connectivity index (χ2n) is 6.49. The SMILES string of the molecule is Cc1cc(N(C(N)=O)c2ccc(-c3cccc4[nH]nc(N)c34)cc2)ccc1F. The lowest BCUT2D eigenvalue weighted by atomic mass is 10.0. The number of H-pyrrole nitrogens is 1. The van der Waals surface area contributed by atoms with E-state index in [1.54, 1.807) is 25.1 Å². The van der Waals surface area contributed by atoms with E-state index in [1.807, 2.05) is 30.3 Å². The minimum Gasteiger partial charge on any atom is -0.382 e. The summed E-state index contributed by atoms with van der Waals surface area (Å²) in [6, 6.07) is 16.9. The van der Waals surface area contributed by atoms with Gasteiger partial charge in [-0.25, -0.2) is 9.18 Å². The molecule has 0 saturated carbocycles. The molecule has 3 aromatic carbocycles. The van der Waals surface area contributed by atoms with Crippen LogP contribution in [0.3, 0.4) is 0 Å². The van der Waals surface area contributed by atoms with E-state index in [4.69, 9.17) is 11.5 Å². The molecule has 2 amide bonds. The first-order valence-electron chi connectivity index (χ1n) is 8.64. The molecule has 4 rings (SSSR count). The van der Waals surface area contributed by atoms with Gasteiger partial charge in [0.15, 0.2) is 5.82 Å². The number of aromatic nitrogens is 2. The number of nitrogens with zero attached hydrogens (tertiary/aromatic N) is 2. The van der Waals surface area contributed by atoms with Gasteiger partial charge in [0.25, 0.3) is 0 Å². The molecule has 0 fully saturated rings. The molecule has 0 radical (unpaired) electrons. The fraction of sp³-hybridized carbons (Fsp3) is 0.0476. The zero-order chi connectivity index (χ0) is 19.8. The van der Waals surface area contributed by atoms with Gasteiger partial charge in [-0.3, -0.25) is 10.00 Å². The van der Waals surface area contributed by atoms with Gasteiger partial charge in [-0.05, 0) is 60.0 Å². The Bertz CT molecular complexity index is 1180. The van der Waals surface area contributed by atoms with Gasteiger partial charge in [-0.15, -0.1) is 0 Å². The highest BCUT2D eigenvalue weighted by atomic mass is 19.1. The monoisotopic (exact) mass is 375 g/mol. The molecule has 0 spiro atoms. The maximum atomic E-state index is 13.6. The molecule has 6 nitrogen and oxygen atoms in total. The van der Waals surface area contributed by atoms with Crippen molar-refractivity contribution in [3.8, 4) is 11.1 Å². The Morgan fingerprint density at radius 3 is 2.46 bits per heavy atom. The Balaban J connectivity index is 1.76. The number of carbonyl (C=O) groups is 1. The quantitative estimate of drug-likeness (QED) is 0.492. The lowest BCUT2D eigenvalue weighted by Gasteiger charge is -2.21. The predicted molar refractivity (Wildman–Crippen MR) is 109 cm³/mol. The third kappa shape index (κ3) is 2.92. The van der Waals surface area contributed by atoms with E-state index >= 15 is 0 Å². The van der Waals surface area contributed by atoms with Crippen LogP contribution in [-0.2, 0) is 0 Å². The van der Waals surface area contributed by atoms with Gasteiger partial charge in [-0.1, -0.05) is 24.3 Å². The molecule has 140 valence electrons. The summed E-state index contributed by atoms with van der Waals surface area (Å²) in [4.78, 5) is 13.4. The van der Waals surface area contributed by atoms with Crippen molar-refractivity contribution in [1.82, 2.24) is 10.2 Å². The van der Waals surface area contributed by atoms with Crippen molar-refractivity contribution in [2.45, 2.75) is 6.92 Å². The summed E-state index contributed by atoms with van der Waals surface area (Å²) in [6.07, 6.45) is 0. The van der Waals surface area contributed by atoms with Gasteiger partial charge >= 0.3 is 6.03 Å². The number of nitrogens with one attached hydrogen (secondary N) is 1. The molecule has 7 heteroatoms. The molecule has 0 bridgehead atoms. The molecule has 0 atom stereocenters. The lowest BCUT2D eigenvalue weighted by molar-refractivity contribution is 0.256. The van der Waals surface area contributed by atoms with Gasteiger partial charge in [0.2, 0.25) is 0 Å². The molecular weight excluding hydrogens is 357 g/mol. The van der Waals surface area contributed by atoms with E-state index in [9.17, 15) is 9.18 Å². The summed E-state index contributed by atoms with van der Waals surface area (Å²) in [7, 11) is 0. The smallest absolute Gasteiger partial charge is 0.323 e. The molecule has 5 N–H and O–H groups in total. The summed E-state index contributed by atoms with van der Waals surface area (Å²) >= 11 is 0. The molecule has 0 aliphatic heterocycles. The number of nitrogens with two attached hydrogens (primary N) is 2. The zero-order valence-electron chi connectivity index (χ0n) is 15.1. The van der Waals surface area contributed by atoms with Crippen molar-refractivity contribution < 1.29 is 9.18 Å². The summed E-state index contributed by atoms with van der Waals surface area (Å²) in [5, 5.41) is 7.80. The van der Waals surface area contributed by atoms with E-state index in [0.717, 1.165) is 22.0 Å². The largest absolute Gasteiger partial charge is 0.382 e. The number of amides is 2. The molecule has 4 aromatic rings. The molecule has 28 heavy (non-hydrogen) atoms. The van der Waals surface area contributed by atoms with Crippen LogP contribution >= 0.6 is 0 Å². The number of benzene rings is 3. The Kier molecular flexibility index (Phi) is 4.19. The van der Waals surface area contributed by atoms with Crippen LogP contribution in [0.1, 0.15) is 5.56 Å². The van der Waals surface area contributed by atoms with Gasteiger partial charge in [0, 0.05) is 0 Å². The molecule has 0 aliphatic carbocycles. The van der Waals surface area contributed by atoms with E-state index in [-0.39, 0.29) is 5.82 Å². The van der Waals surface area contributed by atoms with Crippen LogP contribution in [0, 0.1) is 12.7 Å². The fourth-order valence-electron chi connectivity index (χ4n) is 3.30. The van der Waals surface area contributed by atoms with Crippen molar-refractivity contribution in [3.63, 3.8) is 0 Å². The number of anilines is 3. The van der Waals surface area contributed by atoms with Crippen molar-refractivity contribution in [3.05, 3.63) is 72.0 Å². The Labute approximate surface area is 160 Å². The summed E-state index contributed by atoms with van der Waals surface area (Å²) in [6.45, 7) is 1.64. The van der Waals surface area contributed by atoms with E-state index in [2.05, 4.69) is 10.2 Å². The van der Waals surface area contributed by atoms with Crippen LogP contribution in [0.15, 0.2) is 60.7 Å². The summed E-state index contributed by atoms with van der Waals surface area (Å²) in [5.74, 6) is 0.0875. The number of hydrogen-bond donors (Lipinski definition) is 3. The van der Waals surface area contributed by atoms with E-state index in [0.29, 0.717) is 22.8 Å². The zero-order valence-corrected chi connectivity index (χ0v) is 15.1. The lowest BCUT2D eigenvalue weighted by Crippen LogP contribution is -2.31. The molecule has 0 unspecified atom stereocenters. The number of nitrogen functional groups attached to an aromatic ring is 1. The third-order valence-electron chi connectivity index (χ3n) is 4.67. The number of urea groups is 1. The average molecular weight is 375 g/mol. The number of carbonyl (C=O) groups excluding carboxylic acids is 1. The average Bonchev–Trinajstić information content (AvgIpc) is 3.06. The first-order valence-corrected chi connectivity index (χ1v) is 8.64. The Morgan fingerprint density at radius 1 is 1.07 bits per heavy atom. The van der Waals surface area contributed by atoms with Crippen LogP contribution in [0.2, 0.25) is 0 Å². The highest BCUT2D eigenvalue weighted by molar-refractivity contribution is 6.02. The Hall–Kier alpha value is -3.87. The topological polar surface area (TPSA) is 101 Å². The standard InChI is InChI=1S/C21H18FN5O/c1-12-11-15(9-10-17(12)22)27(21(24)28)14-7-5-13(6-8-14)16-3-2-4-18-19(16)20(23)26-25-18/h2-11H,1H3,(H2,24,28)(H3,23,25,26). The van der Waals surface area contributed by atoms with Crippen LogP contribution in [0.4, 0.5) is 26.4 Å². The number of halogens is 1. The molecular formula is C21H18FN5O. The van der Waals surface area contributed by atoms with Crippen molar-refractivity contribution in [1.29, 1.82) is 0 Å². The second kappa shape index (κ2) is 6.70. The highest BCUT2D eigenvalue weighted by Crippen LogP contribution is 2.33. The van der Waals surface area contributed by atoms with Crippen LogP contribution in [0.25, 0.3) is 22.0 Å². The van der Waals surface area contributed by atoms with Crippen molar-refractivity contribution in [2.24, 2.45) is 5.73 Å². The van der Waals surface area contributed by atoms with Crippen LogP contribution in [-0.4, -0.2) is 16.2 Å². The molecule has 0 aliphatic rings. The number of aromatic amines is 1. The van der Waals surface area contributed by atoms with Gasteiger partial charge in [0.1, 0.15) is 5.82 Å². The van der Waals surface area contributed by atoms with E-state index < -0.39 is 6.03 Å². The van der Waals surface area contributed by atoms with Crippen LogP contribution in [0.5, 0.6) is 0 Å². The maximum Gasteiger partial charge on any atom is 0.323 e. The predicted octanol–water partition coefficient (Wildman–Crippen LogP) is 4.48. The number of rotatable bonds is 3. The van der Waals surface area contributed by atoms with Gasteiger partial charge < -0.3 is 11.5 Å². The van der Waals surface area contributed by atoms with Crippen LogP contribution < -0.4 is 16.4 Å². The van der Waals surface area contributed by atoms with Gasteiger partial charge in [-0.2, -0.15) is 5.10 Å². The number of fused-ring (bicyclic) bond motifs is 1. The molecule has 1 aromatic heterocycles. The third-order valence-corrected chi connectivity index (χ3v) is 4.67. The maximum absolute atomic E-state index is 13.6. The highest BCUT2D eigenvalue weighted by Gasteiger charge is 2.17. The second-order valence-corrected chi connectivity index (χ2v) is 6.49. The first-order chi connectivity index (χ1) is 13.5. The van der Waals surface area contributed by atoms with Gasteiger partial charge in [0.05, 0.1) is 22.3 Å². The Morgan fingerprint density at radius 2 is 1.79 bits per heavy atom. The minimum absolute atomic E-state index is 0.339. The fourth-order valence-corrected chi connectivity index (χ4v) is 3.30.